The summed E-state index contributed by atoms with van der Waals surface area (Å²) in [5, 5.41) is 13.9. The number of halogens is 1. The summed E-state index contributed by atoms with van der Waals surface area (Å²) in [6, 6.07) is 5.95. The third kappa shape index (κ3) is 1.12. The van der Waals surface area contributed by atoms with Crippen LogP contribution >= 0.6 is 15.9 Å². The quantitative estimate of drug-likeness (QED) is 0.703. The fraction of sp³-hybridized carbons (Fsp3) is 0.111. The minimum atomic E-state index is 0.644. The van der Waals surface area contributed by atoms with Gasteiger partial charge in [-0.05, 0) is 28.1 Å². The number of hydrogen-bond donors (Lipinski definition) is 0. The van der Waals surface area contributed by atoms with Crippen LogP contribution in [0, 0.1) is 11.3 Å². The molecule has 2 rings (SSSR count). The number of aryl methyl sites for hydroxylation is 1. The number of aromatic nitrogens is 2. The van der Waals surface area contributed by atoms with Crippen molar-refractivity contribution in [1.29, 1.82) is 5.26 Å². The predicted octanol–water partition coefficient (Wildman–Crippen LogP) is 2.21. The zero-order valence-corrected chi connectivity index (χ0v) is 8.54. The molecule has 0 saturated carbocycles. The Morgan fingerprint density at radius 2 is 2.31 bits per heavy atom. The molecular weight excluding hydrogens is 230 g/mol. The van der Waals surface area contributed by atoms with Gasteiger partial charge in [0.05, 0.1) is 17.3 Å². The minimum Gasteiger partial charge on any atom is -0.268 e. The summed E-state index contributed by atoms with van der Waals surface area (Å²) in [6.07, 6.45) is 1.71. The fourth-order valence-corrected chi connectivity index (χ4v) is 1.75. The maximum Gasteiger partial charge on any atom is 0.101 e. The normalized spacial score (nSPS) is 10.2. The summed E-state index contributed by atoms with van der Waals surface area (Å²) in [5.74, 6) is 0. The average molecular weight is 236 g/mol. The molecule has 1 aromatic carbocycles. The highest BCUT2D eigenvalue weighted by molar-refractivity contribution is 9.10. The summed E-state index contributed by atoms with van der Waals surface area (Å²) in [4.78, 5) is 0. The number of nitrogens with zero attached hydrogens (tertiary/aromatic N) is 3. The van der Waals surface area contributed by atoms with E-state index in [-0.39, 0.29) is 0 Å². The SMILES string of the molecule is Cn1ncc2c(C#N)c(Br)ccc21. The van der Waals surface area contributed by atoms with E-state index in [2.05, 4.69) is 27.1 Å². The van der Waals surface area contributed by atoms with Gasteiger partial charge < -0.3 is 0 Å². The van der Waals surface area contributed by atoms with Crippen molar-refractivity contribution >= 4 is 26.8 Å². The van der Waals surface area contributed by atoms with Crippen molar-refractivity contribution in [2.75, 3.05) is 0 Å². The van der Waals surface area contributed by atoms with Crippen LogP contribution in [0.5, 0.6) is 0 Å². The molecule has 13 heavy (non-hydrogen) atoms. The Bertz CT molecular complexity index is 507. The molecule has 0 aliphatic heterocycles. The molecule has 0 atom stereocenters. The topological polar surface area (TPSA) is 41.6 Å². The predicted molar refractivity (Wildman–Crippen MR) is 53.1 cm³/mol. The lowest BCUT2D eigenvalue weighted by atomic mass is 10.1. The summed E-state index contributed by atoms with van der Waals surface area (Å²) >= 11 is 3.33. The van der Waals surface area contributed by atoms with Crippen LogP contribution in [-0.2, 0) is 7.05 Å². The highest BCUT2D eigenvalue weighted by Gasteiger charge is 2.07. The molecule has 0 N–H and O–H groups in total. The largest absolute Gasteiger partial charge is 0.268 e. The lowest BCUT2D eigenvalue weighted by Gasteiger charge is -1.97. The van der Waals surface area contributed by atoms with Crippen LogP contribution in [0.1, 0.15) is 5.56 Å². The number of benzene rings is 1. The second-order valence-electron chi connectivity index (χ2n) is 2.74. The van der Waals surface area contributed by atoms with Crippen molar-refractivity contribution in [3.05, 3.63) is 28.4 Å². The first kappa shape index (κ1) is 8.27. The van der Waals surface area contributed by atoms with E-state index in [4.69, 9.17) is 5.26 Å². The molecule has 1 heterocycles. The van der Waals surface area contributed by atoms with E-state index in [1.807, 2.05) is 19.2 Å². The molecule has 64 valence electrons. The molecule has 0 bridgehead atoms. The zero-order valence-electron chi connectivity index (χ0n) is 6.95. The molecule has 0 aliphatic carbocycles. The first-order chi connectivity index (χ1) is 6.24. The van der Waals surface area contributed by atoms with Crippen molar-refractivity contribution in [3.8, 4) is 6.07 Å². The number of fused-ring (bicyclic) bond motifs is 1. The monoisotopic (exact) mass is 235 g/mol. The van der Waals surface area contributed by atoms with E-state index in [0.717, 1.165) is 15.4 Å². The molecule has 3 nitrogen and oxygen atoms in total. The Balaban J connectivity index is 2.95. The minimum absolute atomic E-state index is 0.644. The van der Waals surface area contributed by atoms with Crippen LogP contribution in [0.4, 0.5) is 0 Å². The third-order valence-corrected chi connectivity index (χ3v) is 2.65. The van der Waals surface area contributed by atoms with Crippen molar-refractivity contribution in [2.24, 2.45) is 7.05 Å². The summed E-state index contributed by atoms with van der Waals surface area (Å²) < 4.78 is 2.57. The zero-order chi connectivity index (χ0) is 9.42. The standard InChI is InChI=1S/C9H6BrN3/c1-13-9-3-2-8(10)6(4-11)7(9)5-12-13/h2-3,5H,1H3. The van der Waals surface area contributed by atoms with Gasteiger partial charge in [0.25, 0.3) is 0 Å². The van der Waals surface area contributed by atoms with Gasteiger partial charge in [-0.3, -0.25) is 4.68 Å². The molecule has 1 aromatic heterocycles. The van der Waals surface area contributed by atoms with Gasteiger partial charge in [-0.25, -0.2) is 0 Å². The van der Waals surface area contributed by atoms with Gasteiger partial charge in [-0.1, -0.05) is 0 Å². The smallest absolute Gasteiger partial charge is 0.101 e. The van der Waals surface area contributed by atoms with Crippen molar-refractivity contribution < 1.29 is 0 Å². The van der Waals surface area contributed by atoms with Gasteiger partial charge in [0.2, 0.25) is 0 Å². The molecule has 0 saturated heterocycles. The van der Waals surface area contributed by atoms with Crippen LogP contribution in [0.15, 0.2) is 22.8 Å². The molecular formula is C9H6BrN3. The molecule has 0 fully saturated rings. The Labute approximate surface area is 83.7 Å². The van der Waals surface area contributed by atoms with E-state index in [1.54, 1.807) is 10.9 Å². The number of rotatable bonds is 0. The summed E-state index contributed by atoms with van der Waals surface area (Å²) in [7, 11) is 1.86. The maximum atomic E-state index is 8.91. The van der Waals surface area contributed by atoms with E-state index >= 15 is 0 Å². The average Bonchev–Trinajstić information content (AvgIpc) is 2.48. The molecule has 0 amide bonds. The van der Waals surface area contributed by atoms with Crippen LogP contribution in [0.2, 0.25) is 0 Å². The molecule has 0 spiro atoms. The van der Waals surface area contributed by atoms with Gasteiger partial charge in [-0.2, -0.15) is 10.4 Å². The summed E-state index contributed by atoms with van der Waals surface area (Å²) in [5.41, 5.74) is 1.62. The van der Waals surface area contributed by atoms with Crippen molar-refractivity contribution in [1.82, 2.24) is 9.78 Å². The lowest BCUT2D eigenvalue weighted by molar-refractivity contribution is 0.797. The molecule has 0 unspecified atom stereocenters. The Morgan fingerprint density at radius 3 is 3.00 bits per heavy atom. The molecule has 4 heteroatoms. The molecule has 0 aliphatic rings. The first-order valence-corrected chi connectivity index (χ1v) is 4.53. The van der Waals surface area contributed by atoms with E-state index < -0.39 is 0 Å². The van der Waals surface area contributed by atoms with Crippen LogP contribution in [-0.4, -0.2) is 9.78 Å². The molecule has 2 aromatic rings. The van der Waals surface area contributed by atoms with Crippen LogP contribution in [0.25, 0.3) is 10.9 Å². The first-order valence-electron chi connectivity index (χ1n) is 3.74. The lowest BCUT2D eigenvalue weighted by Crippen LogP contribution is -1.88. The van der Waals surface area contributed by atoms with E-state index in [0.29, 0.717) is 5.56 Å². The second-order valence-corrected chi connectivity index (χ2v) is 3.59. The highest BCUT2D eigenvalue weighted by atomic mass is 79.9. The van der Waals surface area contributed by atoms with Crippen LogP contribution < -0.4 is 0 Å². The Morgan fingerprint density at radius 1 is 1.54 bits per heavy atom. The maximum absolute atomic E-state index is 8.91. The third-order valence-electron chi connectivity index (χ3n) is 1.99. The van der Waals surface area contributed by atoms with Crippen molar-refractivity contribution in [3.63, 3.8) is 0 Å². The van der Waals surface area contributed by atoms with Gasteiger partial charge in [0.1, 0.15) is 6.07 Å². The number of hydrogen-bond acceptors (Lipinski definition) is 2. The van der Waals surface area contributed by atoms with Gasteiger partial charge >= 0.3 is 0 Å². The number of nitriles is 1. The van der Waals surface area contributed by atoms with Crippen LogP contribution in [0.3, 0.4) is 0 Å². The van der Waals surface area contributed by atoms with Gasteiger partial charge in [0, 0.05) is 16.9 Å². The van der Waals surface area contributed by atoms with Crippen molar-refractivity contribution in [2.45, 2.75) is 0 Å². The fourth-order valence-electron chi connectivity index (χ4n) is 1.31. The Kier molecular flexibility index (Phi) is 1.82. The van der Waals surface area contributed by atoms with E-state index in [1.165, 1.54) is 0 Å². The van der Waals surface area contributed by atoms with Gasteiger partial charge in [-0.15, -0.1) is 0 Å². The van der Waals surface area contributed by atoms with Gasteiger partial charge in [0.15, 0.2) is 0 Å². The summed E-state index contributed by atoms with van der Waals surface area (Å²) in [6.45, 7) is 0. The van der Waals surface area contributed by atoms with E-state index in [9.17, 15) is 0 Å². The highest BCUT2D eigenvalue weighted by Crippen LogP contribution is 2.24. The second kappa shape index (κ2) is 2.86. The Hall–Kier alpha value is -1.34. The molecule has 0 radical (unpaired) electrons.